The summed E-state index contributed by atoms with van der Waals surface area (Å²) in [5.41, 5.74) is 2.80. The van der Waals surface area contributed by atoms with Crippen molar-refractivity contribution in [2.45, 2.75) is 13.5 Å². The van der Waals surface area contributed by atoms with E-state index in [1.54, 1.807) is 0 Å². The molecular weight excluding hydrogens is 350 g/mol. The number of fused-ring (bicyclic) bond motifs is 1. The SMILES string of the molecule is Cc1ccc2cccc(OCc3ccc(Br)cc3Cl)c2n1. The van der Waals surface area contributed by atoms with E-state index in [1.807, 2.05) is 49.4 Å². The van der Waals surface area contributed by atoms with Gasteiger partial charge in [0.25, 0.3) is 0 Å². The summed E-state index contributed by atoms with van der Waals surface area (Å²) in [6.07, 6.45) is 0. The van der Waals surface area contributed by atoms with Gasteiger partial charge in [-0.3, -0.25) is 0 Å². The molecule has 2 nitrogen and oxygen atoms in total. The number of hydrogen-bond acceptors (Lipinski definition) is 2. The first-order valence-electron chi connectivity index (χ1n) is 6.56. The summed E-state index contributed by atoms with van der Waals surface area (Å²) in [5, 5.41) is 1.76. The summed E-state index contributed by atoms with van der Waals surface area (Å²) in [6, 6.07) is 15.8. The van der Waals surface area contributed by atoms with E-state index in [-0.39, 0.29) is 0 Å². The second-order valence-corrected chi connectivity index (χ2v) is 6.13. The van der Waals surface area contributed by atoms with E-state index in [0.717, 1.165) is 32.4 Å². The van der Waals surface area contributed by atoms with Crippen molar-refractivity contribution in [3.05, 3.63) is 69.3 Å². The van der Waals surface area contributed by atoms with Gasteiger partial charge in [-0.1, -0.05) is 51.8 Å². The van der Waals surface area contributed by atoms with Crippen molar-refractivity contribution in [1.29, 1.82) is 0 Å². The number of aromatic nitrogens is 1. The molecule has 3 aromatic rings. The predicted octanol–water partition coefficient (Wildman–Crippen LogP) is 5.54. The fourth-order valence-electron chi connectivity index (χ4n) is 2.13. The largest absolute Gasteiger partial charge is 0.487 e. The molecule has 1 heterocycles. The van der Waals surface area contributed by atoms with Crippen LogP contribution in [0.25, 0.3) is 10.9 Å². The molecule has 0 aliphatic rings. The maximum absolute atomic E-state index is 6.21. The third kappa shape index (κ3) is 3.20. The van der Waals surface area contributed by atoms with Crippen molar-refractivity contribution in [2.24, 2.45) is 0 Å². The first kappa shape index (κ1) is 14.4. The van der Waals surface area contributed by atoms with Crippen molar-refractivity contribution in [1.82, 2.24) is 4.98 Å². The predicted molar refractivity (Wildman–Crippen MR) is 90.0 cm³/mol. The van der Waals surface area contributed by atoms with E-state index in [2.05, 4.69) is 27.0 Å². The molecule has 0 amide bonds. The van der Waals surface area contributed by atoms with Gasteiger partial charge in [0.15, 0.2) is 0 Å². The molecule has 0 aliphatic heterocycles. The lowest BCUT2D eigenvalue weighted by atomic mass is 10.2. The van der Waals surface area contributed by atoms with E-state index in [0.29, 0.717) is 11.6 Å². The van der Waals surface area contributed by atoms with Gasteiger partial charge in [-0.25, -0.2) is 4.98 Å². The minimum atomic E-state index is 0.418. The van der Waals surface area contributed by atoms with Gasteiger partial charge in [0.2, 0.25) is 0 Å². The van der Waals surface area contributed by atoms with E-state index in [1.165, 1.54) is 0 Å². The summed E-state index contributed by atoms with van der Waals surface area (Å²) >= 11 is 9.61. The lowest BCUT2D eigenvalue weighted by Crippen LogP contribution is -1.98. The van der Waals surface area contributed by atoms with Crippen LogP contribution in [0, 0.1) is 6.92 Å². The molecule has 4 heteroatoms. The minimum absolute atomic E-state index is 0.418. The number of ether oxygens (including phenoxy) is 1. The van der Waals surface area contributed by atoms with Gasteiger partial charge < -0.3 is 4.74 Å². The van der Waals surface area contributed by atoms with Gasteiger partial charge in [-0.2, -0.15) is 0 Å². The van der Waals surface area contributed by atoms with Crippen LogP contribution in [0.5, 0.6) is 5.75 Å². The van der Waals surface area contributed by atoms with Crippen LogP contribution < -0.4 is 4.74 Å². The molecule has 0 spiro atoms. The highest BCUT2D eigenvalue weighted by Gasteiger charge is 2.06. The molecule has 0 saturated heterocycles. The highest BCUT2D eigenvalue weighted by Crippen LogP contribution is 2.27. The fraction of sp³-hybridized carbons (Fsp3) is 0.118. The molecule has 0 saturated carbocycles. The van der Waals surface area contributed by atoms with Crippen LogP contribution in [0.4, 0.5) is 0 Å². The maximum Gasteiger partial charge on any atom is 0.146 e. The number of nitrogens with zero attached hydrogens (tertiary/aromatic N) is 1. The van der Waals surface area contributed by atoms with Crippen LogP contribution in [0.1, 0.15) is 11.3 Å². The molecule has 106 valence electrons. The maximum atomic E-state index is 6.21. The second-order valence-electron chi connectivity index (χ2n) is 4.80. The van der Waals surface area contributed by atoms with E-state index >= 15 is 0 Å². The van der Waals surface area contributed by atoms with E-state index in [4.69, 9.17) is 16.3 Å². The van der Waals surface area contributed by atoms with Gasteiger partial charge in [0, 0.05) is 26.1 Å². The van der Waals surface area contributed by atoms with Gasteiger partial charge >= 0.3 is 0 Å². The third-order valence-electron chi connectivity index (χ3n) is 3.22. The second kappa shape index (κ2) is 6.04. The van der Waals surface area contributed by atoms with Crippen LogP contribution in [0.3, 0.4) is 0 Å². The Kier molecular flexibility index (Phi) is 4.13. The zero-order valence-electron chi connectivity index (χ0n) is 11.4. The van der Waals surface area contributed by atoms with Crippen molar-refractivity contribution in [3.8, 4) is 5.75 Å². The normalized spacial score (nSPS) is 10.8. The summed E-state index contributed by atoms with van der Waals surface area (Å²) in [5.74, 6) is 0.773. The fourth-order valence-corrected chi connectivity index (χ4v) is 2.86. The molecular formula is C17H13BrClNO. The number of rotatable bonds is 3. The average molecular weight is 363 g/mol. The van der Waals surface area contributed by atoms with Crippen molar-refractivity contribution < 1.29 is 4.74 Å². The molecule has 2 aromatic carbocycles. The highest BCUT2D eigenvalue weighted by atomic mass is 79.9. The van der Waals surface area contributed by atoms with Gasteiger partial charge in [-0.15, -0.1) is 0 Å². The van der Waals surface area contributed by atoms with Crippen LogP contribution in [-0.2, 0) is 6.61 Å². The molecule has 0 aliphatic carbocycles. The molecule has 0 unspecified atom stereocenters. The summed E-state index contributed by atoms with van der Waals surface area (Å²) < 4.78 is 6.88. The summed E-state index contributed by atoms with van der Waals surface area (Å²) in [6.45, 7) is 2.39. The first-order valence-corrected chi connectivity index (χ1v) is 7.74. The van der Waals surface area contributed by atoms with E-state index in [9.17, 15) is 0 Å². The van der Waals surface area contributed by atoms with Crippen molar-refractivity contribution >= 4 is 38.4 Å². The lowest BCUT2D eigenvalue weighted by Gasteiger charge is -2.10. The molecule has 0 N–H and O–H groups in total. The Morgan fingerprint density at radius 2 is 2.00 bits per heavy atom. The molecule has 3 rings (SSSR count). The van der Waals surface area contributed by atoms with Crippen molar-refractivity contribution in [2.75, 3.05) is 0 Å². The Morgan fingerprint density at radius 1 is 1.14 bits per heavy atom. The molecule has 0 fully saturated rings. The smallest absolute Gasteiger partial charge is 0.146 e. The summed E-state index contributed by atoms with van der Waals surface area (Å²) in [7, 11) is 0. The van der Waals surface area contributed by atoms with Gasteiger partial charge in [0.05, 0.1) is 0 Å². The Balaban J connectivity index is 1.90. The van der Waals surface area contributed by atoms with Gasteiger partial charge in [0.1, 0.15) is 17.9 Å². The Hall–Kier alpha value is -1.58. The lowest BCUT2D eigenvalue weighted by molar-refractivity contribution is 0.309. The third-order valence-corrected chi connectivity index (χ3v) is 4.07. The van der Waals surface area contributed by atoms with Crippen LogP contribution in [0.15, 0.2) is 53.0 Å². The average Bonchev–Trinajstić information content (AvgIpc) is 2.46. The topological polar surface area (TPSA) is 22.1 Å². The number of aryl methyl sites for hydroxylation is 1. The Labute approximate surface area is 136 Å². The Morgan fingerprint density at radius 3 is 2.81 bits per heavy atom. The molecule has 0 bridgehead atoms. The van der Waals surface area contributed by atoms with Crippen LogP contribution >= 0.6 is 27.5 Å². The molecule has 0 radical (unpaired) electrons. The number of pyridine rings is 1. The number of halogens is 2. The Bertz CT molecular complexity index is 804. The first-order chi connectivity index (χ1) is 10.1. The van der Waals surface area contributed by atoms with Crippen LogP contribution in [0.2, 0.25) is 5.02 Å². The number of benzene rings is 2. The van der Waals surface area contributed by atoms with Gasteiger partial charge in [-0.05, 0) is 31.2 Å². The number of para-hydroxylation sites is 1. The molecule has 1 aromatic heterocycles. The minimum Gasteiger partial charge on any atom is -0.487 e. The number of hydrogen-bond donors (Lipinski definition) is 0. The monoisotopic (exact) mass is 361 g/mol. The molecule has 21 heavy (non-hydrogen) atoms. The van der Waals surface area contributed by atoms with Crippen LogP contribution in [-0.4, -0.2) is 4.98 Å². The standard InChI is InChI=1S/C17H13BrClNO/c1-11-5-6-12-3-2-4-16(17(12)20-11)21-10-13-7-8-14(18)9-15(13)19/h2-9H,10H2,1H3. The highest BCUT2D eigenvalue weighted by molar-refractivity contribution is 9.10. The van der Waals surface area contributed by atoms with Crippen molar-refractivity contribution in [3.63, 3.8) is 0 Å². The van der Waals surface area contributed by atoms with E-state index < -0.39 is 0 Å². The quantitative estimate of drug-likeness (QED) is 0.610. The zero-order chi connectivity index (χ0) is 14.8. The summed E-state index contributed by atoms with van der Waals surface area (Å²) in [4.78, 5) is 4.56. The molecule has 0 atom stereocenters. The zero-order valence-corrected chi connectivity index (χ0v) is 13.8.